The number of halogens is 3. The molecule has 0 unspecified atom stereocenters. The molecule has 7 nitrogen and oxygen atoms in total. The van der Waals surface area contributed by atoms with Crippen molar-refractivity contribution in [3.05, 3.63) is 47.4 Å². The number of amides is 1. The molecule has 0 spiro atoms. The molecule has 2 aromatic rings. The minimum atomic E-state index is -4.46. The van der Waals surface area contributed by atoms with Crippen LogP contribution in [0.25, 0.3) is 0 Å². The van der Waals surface area contributed by atoms with Gasteiger partial charge in [-0.1, -0.05) is 0 Å². The van der Waals surface area contributed by atoms with E-state index >= 15 is 0 Å². The van der Waals surface area contributed by atoms with Gasteiger partial charge < -0.3 is 15.8 Å². The van der Waals surface area contributed by atoms with E-state index in [-0.39, 0.29) is 29.5 Å². The van der Waals surface area contributed by atoms with Gasteiger partial charge in [-0.2, -0.15) is 13.2 Å². The number of aromatic nitrogens is 2. The maximum atomic E-state index is 12.6. The van der Waals surface area contributed by atoms with Crippen molar-refractivity contribution in [2.45, 2.75) is 13.1 Å². The van der Waals surface area contributed by atoms with E-state index in [1.807, 2.05) is 0 Å². The molecule has 0 aliphatic carbocycles. The maximum absolute atomic E-state index is 12.6. The van der Waals surface area contributed by atoms with Crippen LogP contribution in [0.15, 0.2) is 30.5 Å². The molecular weight excluding hydrogens is 341 g/mol. The summed E-state index contributed by atoms with van der Waals surface area (Å²) in [5.74, 6) is -1.84. The standard InChI is InChI=1S/C15H13F3N4O3/c1-2-25-14(24)10-7-20-13(11(22-10)12(19)23)21-9-5-3-8(4-6-9)15(16,17)18/h3-7H,2H2,1H3,(H2,19,23)(H,20,21). The van der Waals surface area contributed by atoms with Gasteiger partial charge in [0.25, 0.3) is 5.91 Å². The van der Waals surface area contributed by atoms with Gasteiger partial charge in [0.15, 0.2) is 17.2 Å². The fourth-order valence-corrected chi connectivity index (χ4v) is 1.84. The number of alkyl halides is 3. The smallest absolute Gasteiger partial charge is 0.416 e. The van der Waals surface area contributed by atoms with Crippen molar-refractivity contribution in [3.63, 3.8) is 0 Å². The largest absolute Gasteiger partial charge is 0.461 e. The van der Waals surface area contributed by atoms with Crippen molar-refractivity contribution in [2.75, 3.05) is 11.9 Å². The molecule has 0 atom stereocenters. The summed E-state index contributed by atoms with van der Waals surface area (Å²) >= 11 is 0. The molecule has 10 heteroatoms. The van der Waals surface area contributed by atoms with Crippen molar-refractivity contribution in [2.24, 2.45) is 5.73 Å². The first kappa shape index (κ1) is 18.2. The molecular formula is C15H13F3N4O3. The highest BCUT2D eigenvalue weighted by atomic mass is 19.4. The van der Waals surface area contributed by atoms with Gasteiger partial charge in [0, 0.05) is 5.69 Å². The number of benzene rings is 1. The number of primary amides is 1. The van der Waals surface area contributed by atoms with E-state index in [4.69, 9.17) is 10.5 Å². The summed E-state index contributed by atoms with van der Waals surface area (Å²) in [6, 6.07) is 4.06. The Morgan fingerprint density at radius 2 is 1.88 bits per heavy atom. The highest BCUT2D eigenvalue weighted by Gasteiger charge is 2.30. The second-order valence-corrected chi connectivity index (χ2v) is 4.74. The molecule has 0 fully saturated rings. The topological polar surface area (TPSA) is 107 Å². The van der Waals surface area contributed by atoms with E-state index in [2.05, 4.69) is 15.3 Å². The molecule has 1 amide bonds. The zero-order valence-electron chi connectivity index (χ0n) is 12.9. The molecule has 0 radical (unpaired) electrons. The lowest BCUT2D eigenvalue weighted by molar-refractivity contribution is -0.137. The van der Waals surface area contributed by atoms with E-state index in [9.17, 15) is 22.8 Å². The Balaban J connectivity index is 2.29. The summed E-state index contributed by atoms with van der Waals surface area (Å²) in [7, 11) is 0. The monoisotopic (exact) mass is 354 g/mol. The predicted octanol–water partition coefficient (Wildman–Crippen LogP) is 2.51. The van der Waals surface area contributed by atoms with Crippen LogP contribution in [0.2, 0.25) is 0 Å². The van der Waals surface area contributed by atoms with E-state index in [1.54, 1.807) is 6.92 Å². The van der Waals surface area contributed by atoms with Crippen molar-refractivity contribution in [1.29, 1.82) is 0 Å². The lowest BCUT2D eigenvalue weighted by Crippen LogP contribution is -2.19. The van der Waals surface area contributed by atoms with Crippen molar-refractivity contribution in [1.82, 2.24) is 9.97 Å². The van der Waals surface area contributed by atoms with Gasteiger partial charge in [0.05, 0.1) is 18.4 Å². The number of ether oxygens (including phenoxy) is 1. The summed E-state index contributed by atoms with van der Waals surface area (Å²) in [5, 5.41) is 2.64. The van der Waals surface area contributed by atoms with Crippen LogP contribution < -0.4 is 11.1 Å². The molecule has 1 aromatic carbocycles. The minimum absolute atomic E-state index is 0.0969. The van der Waals surface area contributed by atoms with Crippen LogP contribution in [0.5, 0.6) is 0 Å². The second-order valence-electron chi connectivity index (χ2n) is 4.74. The highest BCUT2D eigenvalue weighted by molar-refractivity contribution is 5.97. The van der Waals surface area contributed by atoms with E-state index < -0.39 is 23.6 Å². The molecule has 0 bridgehead atoms. The Bertz CT molecular complexity index is 792. The van der Waals surface area contributed by atoms with Crippen LogP contribution in [0.3, 0.4) is 0 Å². The maximum Gasteiger partial charge on any atom is 0.416 e. The quantitative estimate of drug-likeness (QED) is 0.799. The third kappa shape index (κ3) is 4.43. The van der Waals surface area contributed by atoms with Crippen LogP contribution >= 0.6 is 0 Å². The lowest BCUT2D eigenvalue weighted by Gasteiger charge is -2.11. The number of carbonyl (C=O) groups excluding carboxylic acids is 2. The van der Waals surface area contributed by atoms with E-state index in [0.29, 0.717) is 0 Å². The number of nitrogens with one attached hydrogen (secondary N) is 1. The number of rotatable bonds is 5. The van der Waals surface area contributed by atoms with Gasteiger partial charge in [-0.25, -0.2) is 14.8 Å². The second kappa shape index (κ2) is 7.16. The zero-order valence-corrected chi connectivity index (χ0v) is 12.9. The number of hydrogen-bond donors (Lipinski definition) is 2. The number of hydrogen-bond acceptors (Lipinski definition) is 6. The molecule has 0 saturated heterocycles. The fourth-order valence-electron chi connectivity index (χ4n) is 1.84. The fraction of sp³-hybridized carbons (Fsp3) is 0.200. The van der Waals surface area contributed by atoms with Crippen LogP contribution in [-0.2, 0) is 10.9 Å². The Morgan fingerprint density at radius 1 is 1.24 bits per heavy atom. The number of nitrogens with two attached hydrogens (primary N) is 1. The van der Waals surface area contributed by atoms with Crippen LogP contribution in [0.1, 0.15) is 33.5 Å². The Hall–Kier alpha value is -3.17. The van der Waals surface area contributed by atoms with Crippen molar-refractivity contribution < 1.29 is 27.5 Å². The lowest BCUT2D eigenvalue weighted by atomic mass is 10.2. The molecule has 3 N–H and O–H groups in total. The predicted molar refractivity (Wildman–Crippen MR) is 81.2 cm³/mol. The van der Waals surface area contributed by atoms with Gasteiger partial charge in [-0.15, -0.1) is 0 Å². The average molecular weight is 354 g/mol. The molecule has 132 valence electrons. The molecule has 1 aromatic heterocycles. The molecule has 1 heterocycles. The summed E-state index contributed by atoms with van der Waals surface area (Å²) < 4.78 is 42.4. The summed E-state index contributed by atoms with van der Waals surface area (Å²) in [4.78, 5) is 30.8. The first-order chi connectivity index (χ1) is 11.7. The molecule has 0 aliphatic heterocycles. The van der Waals surface area contributed by atoms with E-state index in [1.165, 1.54) is 0 Å². The van der Waals surface area contributed by atoms with Gasteiger partial charge in [0.1, 0.15) is 0 Å². The third-order valence-electron chi connectivity index (χ3n) is 2.97. The Kier molecular flexibility index (Phi) is 5.20. The van der Waals surface area contributed by atoms with Gasteiger partial charge in [-0.05, 0) is 31.2 Å². The molecule has 25 heavy (non-hydrogen) atoms. The number of nitrogens with zero attached hydrogens (tertiary/aromatic N) is 2. The Labute approximate surface area is 140 Å². The van der Waals surface area contributed by atoms with Crippen LogP contribution in [0, 0.1) is 0 Å². The van der Waals surface area contributed by atoms with Crippen molar-refractivity contribution >= 4 is 23.4 Å². The van der Waals surface area contributed by atoms with Crippen molar-refractivity contribution in [3.8, 4) is 0 Å². The summed E-state index contributed by atoms with van der Waals surface area (Å²) in [5.41, 5.74) is 4.06. The van der Waals surface area contributed by atoms with Gasteiger partial charge >= 0.3 is 12.1 Å². The number of carbonyl (C=O) groups is 2. The van der Waals surface area contributed by atoms with E-state index in [0.717, 1.165) is 30.5 Å². The minimum Gasteiger partial charge on any atom is -0.461 e. The molecule has 0 aliphatic rings. The van der Waals surface area contributed by atoms with Gasteiger partial charge in [-0.3, -0.25) is 4.79 Å². The number of anilines is 2. The normalized spacial score (nSPS) is 11.0. The summed E-state index contributed by atoms with van der Waals surface area (Å²) in [6.07, 6.45) is -3.39. The number of esters is 1. The summed E-state index contributed by atoms with van der Waals surface area (Å²) in [6.45, 7) is 1.71. The molecule has 2 rings (SSSR count). The Morgan fingerprint density at radius 3 is 2.40 bits per heavy atom. The van der Waals surface area contributed by atoms with Crippen LogP contribution in [-0.4, -0.2) is 28.5 Å². The van der Waals surface area contributed by atoms with Crippen LogP contribution in [0.4, 0.5) is 24.7 Å². The third-order valence-corrected chi connectivity index (χ3v) is 2.97. The first-order valence-electron chi connectivity index (χ1n) is 7.00. The average Bonchev–Trinajstić information content (AvgIpc) is 2.55. The zero-order chi connectivity index (χ0) is 18.6. The first-order valence-corrected chi connectivity index (χ1v) is 7.00. The highest BCUT2D eigenvalue weighted by Crippen LogP contribution is 2.30. The SMILES string of the molecule is CCOC(=O)c1cnc(Nc2ccc(C(F)(F)F)cc2)c(C(N)=O)n1. The van der Waals surface area contributed by atoms with Gasteiger partial charge in [0.2, 0.25) is 0 Å². The molecule has 0 saturated carbocycles.